The lowest BCUT2D eigenvalue weighted by Crippen LogP contribution is -2.40. The molecule has 0 radical (unpaired) electrons. The van der Waals surface area contributed by atoms with Gasteiger partial charge in [-0.1, -0.05) is 35.9 Å². The van der Waals surface area contributed by atoms with Crippen LogP contribution in [0.4, 0.5) is 5.69 Å². The van der Waals surface area contributed by atoms with Crippen molar-refractivity contribution in [2.75, 3.05) is 11.5 Å². The zero-order valence-corrected chi connectivity index (χ0v) is 19.1. The predicted octanol–water partition coefficient (Wildman–Crippen LogP) is 3.90. The fourth-order valence-corrected chi connectivity index (χ4v) is 6.31. The Morgan fingerprint density at radius 2 is 1.62 bits per heavy atom. The van der Waals surface area contributed by atoms with Gasteiger partial charge in [-0.05, 0) is 73.8 Å². The van der Waals surface area contributed by atoms with E-state index in [1.165, 1.54) is 11.0 Å². The van der Waals surface area contributed by atoms with E-state index in [9.17, 15) is 19.2 Å². The first-order chi connectivity index (χ1) is 16.3. The summed E-state index contributed by atoms with van der Waals surface area (Å²) < 4.78 is 5.28. The van der Waals surface area contributed by atoms with E-state index < -0.39 is 5.97 Å². The van der Waals surface area contributed by atoms with Crippen molar-refractivity contribution in [3.8, 4) is 0 Å². The van der Waals surface area contributed by atoms with Crippen molar-refractivity contribution < 1.29 is 23.9 Å². The fourth-order valence-electron chi connectivity index (χ4n) is 6.31. The summed E-state index contributed by atoms with van der Waals surface area (Å²) in [5.74, 6) is -0.523. The average molecular weight is 456 g/mol. The van der Waals surface area contributed by atoms with Crippen molar-refractivity contribution in [3.05, 3.63) is 76.9 Å². The van der Waals surface area contributed by atoms with E-state index in [4.69, 9.17) is 4.74 Å². The monoisotopic (exact) mass is 455 g/mol. The lowest BCUT2D eigenvalue weighted by atomic mass is 9.63. The third kappa shape index (κ3) is 3.08. The number of carbonyl (C=O) groups is 4. The Hall–Kier alpha value is -3.54. The van der Waals surface area contributed by atoms with Crippen LogP contribution in [0.5, 0.6) is 0 Å². The molecular formula is C28H25NO5. The Morgan fingerprint density at radius 1 is 0.941 bits per heavy atom. The maximum Gasteiger partial charge on any atom is 0.338 e. The molecule has 6 atom stereocenters. The summed E-state index contributed by atoms with van der Waals surface area (Å²) in [7, 11) is 0. The molecule has 4 aliphatic carbocycles. The van der Waals surface area contributed by atoms with Gasteiger partial charge in [-0.15, -0.1) is 0 Å². The number of hydrogen-bond donors (Lipinski definition) is 0. The van der Waals surface area contributed by atoms with E-state index in [1.807, 2.05) is 26.0 Å². The summed E-state index contributed by atoms with van der Waals surface area (Å²) >= 11 is 0. The largest absolute Gasteiger partial charge is 0.454 e. The zero-order valence-electron chi connectivity index (χ0n) is 19.1. The second kappa shape index (κ2) is 7.49. The molecule has 5 aliphatic rings. The van der Waals surface area contributed by atoms with Gasteiger partial charge in [-0.2, -0.15) is 0 Å². The van der Waals surface area contributed by atoms with Gasteiger partial charge in [-0.25, -0.2) is 9.69 Å². The van der Waals surface area contributed by atoms with E-state index in [0.29, 0.717) is 23.1 Å². The van der Waals surface area contributed by atoms with Crippen LogP contribution < -0.4 is 4.90 Å². The van der Waals surface area contributed by atoms with Gasteiger partial charge in [0.15, 0.2) is 6.61 Å². The van der Waals surface area contributed by atoms with Crippen LogP contribution in [0.3, 0.4) is 0 Å². The molecule has 0 N–H and O–H groups in total. The molecule has 2 aromatic rings. The topological polar surface area (TPSA) is 80.8 Å². The number of ether oxygens (including phenoxy) is 1. The highest BCUT2D eigenvalue weighted by Crippen LogP contribution is 2.65. The SMILES string of the molecule is Cc1ccc(C)c(C(=O)COC(=O)c2cccc(N3C(=O)[C@@H]4[C@H]5C=C[C@@H]([C@@H]6C[C@@H]56)[C@@H]4C3=O)c2)c1. The average Bonchev–Trinajstić information content (AvgIpc) is 3.62. The lowest BCUT2D eigenvalue weighted by molar-refractivity contribution is -0.124. The number of benzene rings is 2. The Morgan fingerprint density at radius 3 is 2.29 bits per heavy atom. The summed E-state index contributed by atoms with van der Waals surface area (Å²) in [4.78, 5) is 53.2. The molecule has 6 heteroatoms. The van der Waals surface area contributed by atoms with E-state index in [-0.39, 0.29) is 53.4 Å². The highest BCUT2D eigenvalue weighted by atomic mass is 16.5. The number of imide groups is 1. The molecule has 2 bridgehead atoms. The normalized spacial score (nSPS) is 30.2. The molecule has 2 amide bonds. The second-order valence-corrected chi connectivity index (χ2v) is 10.0. The molecule has 2 aromatic carbocycles. The molecule has 0 spiro atoms. The Labute approximate surface area is 197 Å². The van der Waals surface area contributed by atoms with Gasteiger partial charge in [0.2, 0.25) is 17.6 Å². The van der Waals surface area contributed by atoms with E-state index >= 15 is 0 Å². The highest BCUT2D eigenvalue weighted by Gasteiger charge is 2.67. The number of ketones is 1. The van der Waals surface area contributed by atoms with Gasteiger partial charge in [-0.3, -0.25) is 14.4 Å². The number of aryl methyl sites for hydroxylation is 2. The molecular weight excluding hydrogens is 430 g/mol. The number of esters is 1. The number of nitrogens with zero attached hydrogens (tertiary/aromatic N) is 1. The maximum absolute atomic E-state index is 13.3. The molecule has 1 saturated heterocycles. The molecule has 7 rings (SSSR count). The van der Waals surface area contributed by atoms with Crippen LogP contribution in [0.15, 0.2) is 54.6 Å². The van der Waals surface area contributed by atoms with Crippen molar-refractivity contribution in [2.24, 2.45) is 35.5 Å². The minimum atomic E-state index is -0.667. The van der Waals surface area contributed by atoms with Gasteiger partial charge < -0.3 is 4.74 Å². The molecule has 6 nitrogen and oxygen atoms in total. The van der Waals surface area contributed by atoms with E-state index in [2.05, 4.69) is 12.2 Å². The number of carbonyl (C=O) groups excluding carboxylic acids is 4. The third-order valence-corrected chi connectivity index (χ3v) is 8.03. The second-order valence-electron chi connectivity index (χ2n) is 10.0. The summed E-state index contributed by atoms with van der Waals surface area (Å²) in [5.41, 5.74) is 2.88. The fraction of sp³-hybridized carbons (Fsp3) is 0.357. The minimum absolute atomic E-state index is 0.144. The summed E-state index contributed by atoms with van der Waals surface area (Å²) in [6, 6.07) is 11.9. The smallest absolute Gasteiger partial charge is 0.338 e. The Kier molecular flexibility index (Phi) is 4.63. The van der Waals surface area contributed by atoms with Crippen LogP contribution in [0.1, 0.15) is 38.3 Å². The van der Waals surface area contributed by atoms with Gasteiger partial charge >= 0.3 is 5.97 Å². The number of anilines is 1. The van der Waals surface area contributed by atoms with E-state index in [1.54, 1.807) is 24.3 Å². The van der Waals surface area contributed by atoms with Crippen molar-refractivity contribution in [1.82, 2.24) is 0 Å². The molecule has 2 saturated carbocycles. The van der Waals surface area contributed by atoms with Gasteiger partial charge in [0, 0.05) is 5.56 Å². The molecule has 3 fully saturated rings. The highest BCUT2D eigenvalue weighted by molar-refractivity contribution is 6.23. The van der Waals surface area contributed by atoms with E-state index in [0.717, 1.165) is 17.5 Å². The summed E-state index contributed by atoms with van der Waals surface area (Å²) in [6.07, 6.45) is 5.38. The number of amides is 2. The Balaban J connectivity index is 1.19. The molecule has 0 aromatic heterocycles. The van der Waals surface area contributed by atoms with Crippen molar-refractivity contribution in [2.45, 2.75) is 20.3 Å². The van der Waals surface area contributed by atoms with Crippen LogP contribution in [0.25, 0.3) is 0 Å². The van der Waals surface area contributed by atoms with Crippen LogP contribution in [-0.4, -0.2) is 30.2 Å². The molecule has 172 valence electrons. The summed E-state index contributed by atoms with van der Waals surface area (Å²) in [6.45, 7) is 3.36. The van der Waals surface area contributed by atoms with Crippen molar-refractivity contribution in [3.63, 3.8) is 0 Å². The van der Waals surface area contributed by atoms with Gasteiger partial charge in [0.25, 0.3) is 0 Å². The molecule has 1 heterocycles. The third-order valence-electron chi connectivity index (χ3n) is 8.03. The molecule has 1 aliphatic heterocycles. The first-order valence-corrected chi connectivity index (χ1v) is 11.8. The molecule has 34 heavy (non-hydrogen) atoms. The quantitative estimate of drug-likeness (QED) is 0.296. The number of Topliss-reactive ketones (excluding diaryl/α,β-unsaturated/α-hetero) is 1. The van der Waals surface area contributed by atoms with Crippen molar-refractivity contribution >= 4 is 29.3 Å². The maximum atomic E-state index is 13.3. The zero-order chi connectivity index (χ0) is 23.7. The van der Waals surface area contributed by atoms with Crippen LogP contribution >= 0.6 is 0 Å². The first-order valence-electron chi connectivity index (χ1n) is 11.8. The number of rotatable bonds is 5. The van der Waals surface area contributed by atoms with Crippen LogP contribution in [-0.2, 0) is 14.3 Å². The first kappa shape index (κ1) is 21.0. The van der Waals surface area contributed by atoms with Crippen LogP contribution in [0.2, 0.25) is 0 Å². The predicted molar refractivity (Wildman–Crippen MR) is 124 cm³/mol. The van der Waals surface area contributed by atoms with Gasteiger partial charge in [0.05, 0.1) is 23.1 Å². The standard InChI is InChI=1S/C28H25NO5/c1-14-6-7-15(2)20(10-14)23(30)13-34-28(33)16-4-3-5-17(11-16)29-26(31)24-18-8-9-19(22-12-21(18)22)25(24)27(29)32/h3-11,18-19,21-22,24-25H,12-13H2,1-2H3/t18-,19-,21-,22-,24-,25+/m0/s1. The van der Waals surface area contributed by atoms with Gasteiger partial charge in [0.1, 0.15) is 0 Å². The number of hydrogen-bond acceptors (Lipinski definition) is 5. The van der Waals surface area contributed by atoms with Crippen molar-refractivity contribution in [1.29, 1.82) is 0 Å². The minimum Gasteiger partial charge on any atom is -0.454 e. The number of allylic oxidation sites excluding steroid dienone is 2. The Bertz CT molecular complexity index is 1260. The summed E-state index contributed by atoms with van der Waals surface area (Å²) in [5, 5.41) is 0. The van der Waals surface area contributed by atoms with Crippen LogP contribution in [0, 0.1) is 49.4 Å². The lowest BCUT2D eigenvalue weighted by Gasteiger charge is -2.37. The molecule has 0 unspecified atom stereocenters.